The first-order valence-corrected chi connectivity index (χ1v) is 7.15. The van der Waals surface area contributed by atoms with Gasteiger partial charge in [-0.2, -0.15) is 0 Å². The molecule has 3 rings (SSSR count). The first-order chi connectivity index (χ1) is 9.65. The average Bonchev–Trinajstić information content (AvgIpc) is 2.93. The minimum absolute atomic E-state index is 0.364. The van der Waals surface area contributed by atoms with Crippen LogP contribution >= 0.6 is 0 Å². The lowest BCUT2D eigenvalue weighted by Gasteiger charge is -2.33. The third-order valence-corrected chi connectivity index (χ3v) is 4.12. The summed E-state index contributed by atoms with van der Waals surface area (Å²) in [6.07, 6.45) is 4.32. The molecule has 20 heavy (non-hydrogen) atoms. The smallest absolute Gasteiger partial charge is 0.312 e. The molecule has 0 bridgehead atoms. The molecular formula is C14H19N3O3. The van der Waals surface area contributed by atoms with Gasteiger partial charge in [0.15, 0.2) is 0 Å². The summed E-state index contributed by atoms with van der Waals surface area (Å²) in [4.78, 5) is 27.9. The van der Waals surface area contributed by atoms with Gasteiger partial charge in [0.1, 0.15) is 6.26 Å². The van der Waals surface area contributed by atoms with Crippen LogP contribution in [0, 0.1) is 5.92 Å². The van der Waals surface area contributed by atoms with E-state index in [4.69, 9.17) is 4.52 Å². The minimum atomic E-state index is -0.397. The fourth-order valence-corrected chi connectivity index (χ4v) is 2.96. The fraction of sp³-hybridized carbons (Fsp3) is 0.643. The molecule has 0 aliphatic carbocycles. The van der Waals surface area contributed by atoms with Crippen molar-refractivity contribution in [1.29, 1.82) is 0 Å². The number of carbonyl (C=O) groups is 2. The van der Waals surface area contributed by atoms with Crippen LogP contribution in [0.3, 0.4) is 0 Å². The molecule has 3 heterocycles. The summed E-state index contributed by atoms with van der Waals surface area (Å²) in [7, 11) is 0. The Labute approximate surface area is 117 Å². The van der Waals surface area contributed by atoms with E-state index in [0.29, 0.717) is 38.5 Å². The number of fused-ring (bicyclic) bond motifs is 1. The highest BCUT2D eigenvalue weighted by atomic mass is 16.5. The number of piperidine rings is 1. The maximum atomic E-state index is 12.3. The van der Waals surface area contributed by atoms with Gasteiger partial charge in [-0.25, -0.2) is 0 Å². The minimum Gasteiger partial charge on any atom is -0.364 e. The van der Waals surface area contributed by atoms with Crippen molar-refractivity contribution in [3.8, 4) is 0 Å². The van der Waals surface area contributed by atoms with E-state index in [-0.39, 0.29) is 5.91 Å². The molecule has 0 saturated carbocycles. The van der Waals surface area contributed by atoms with Crippen LogP contribution in [0.1, 0.15) is 31.0 Å². The molecule has 1 unspecified atom stereocenters. The standard InChI is InChI=1S/C14H19N3O3/c1-10-3-2-5-16(7-10)13(18)14(19)17-6-4-12-11(8-17)9-20-15-12/h9-10H,2-8H2,1H3. The number of likely N-dealkylation sites (tertiary alicyclic amines) is 1. The zero-order valence-electron chi connectivity index (χ0n) is 11.7. The quantitative estimate of drug-likeness (QED) is 0.658. The summed E-state index contributed by atoms with van der Waals surface area (Å²) in [5.74, 6) is -0.283. The van der Waals surface area contributed by atoms with Gasteiger partial charge in [0.05, 0.1) is 12.2 Å². The molecule has 1 saturated heterocycles. The Hall–Kier alpha value is -1.85. The topological polar surface area (TPSA) is 66.7 Å². The molecule has 0 N–H and O–H groups in total. The summed E-state index contributed by atoms with van der Waals surface area (Å²) < 4.78 is 4.90. The van der Waals surface area contributed by atoms with Crippen LogP contribution in [0.4, 0.5) is 0 Å². The molecule has 0 aromatic carbocycles. The predicted molar refractivity (Wildman–Crippen MR) is 70.6 cm³/mol. The summed E-state index contributed by atoms with van der Waals surface area (Å²) in [5.41, 5.74) is 1.80. The van der Waals surface area contributed by atoms with Crippen molar-refractivity contribution < 1.29 is 14.1 Å². The Morgan fingerprint density at radius 1 is 1.30 bits per heavy atom. The average molecular weight is 277 g/mol. The second-order valence-electron chi connectivity index (χ2n) is 5.76. The maximum Gasteiger partial charge on any atom is 0.312 e. The molecule has 2 aliphatic heterocycles. The number of aromatic nitrogens is 1. The molecule has 2 amide bonds. The number of rotatable bonds is 0. The number of nitrogens with zero attached hydrogens (tertiary/aromatic N) is 3. The van der Waals surface area contributed by atoms with Crippen LogP contribution in [-0.2, 0) is 22.6 Å². The van der Waals surface area contributed by atoms with E-state index in [0.717, 1.165) is 24.1 Å². The van der Waals surface area contributed by atoms with Crippen LogP contribution < -0.4 is 0 Å². The lowest BCUT2D eigenvalue weighted by molar-refractivity contribution is -0.153. The SMILES string of the molecule is CC1CCCN(C(=O)C(=O)N2CCc3nocc3C2)C1. The second kappa shape index (κ2) is 5.26. The van der Waals surface area contributed by atoms with E-state index < -0.39 is 5.91 Å². The molecule has 6 nitrogen and oxygen atoms in total. The van der Waals surface area contributed by atoms with Crippen LogP contribution in [-0.4, -0.2) is 46.4 Å². The van der Waals surface area contributed by atoms with Gasteiger partial charge in [-0.3, -0.25) is 9.59 Å². The summed E-state index contributed by atoms with van der Waals surface area (Å²) >= 11 is 0. The number of hydrogen-bond acceptors (Lipinski definition) is 4. The van der Waals surface area contributed by atoms with Crippen LogP contribution in [0.15, 0.2) is 10.8 Å². The van der Waals surface area contributed by atoms with E-state index in [9.17, 15) is 9.59 Å². The van der Waals surface area contributed by atoms with Gasteiger partial charge < -0.3 is 14.3 Å². The number of hydrogen-bond donors (Lipinski definition) is 0. The van der Waals surface area contributed by atoms with E-state index in [1.807, 2.05) is 0 Å². The second-order valence-corrected chi connectivity index (χ2v) is 5.76. The molecule has 1 atom stereocenters. The van der Waals surface area contributed by atoms with Crippen molar-refractivity contribution in [3.63, 3.8) is 0 Å². The highest BCUT2D eigenvalue weighted by Gasteiger charge is 2.32. The van der Waals surface area contributed by atoms with E-state index in [1.165, 1.54) is 0 Å². The number of carbonyl (C=O) groups excluding carboxylic acids is 2. The predicted octanol–water partition coefficient (Wildman–Crippen LogP) is 0.818. The highest BCUT2D eigenvalue weighted by molar-refractivity contribution is 6.34. The molecule has 0 spiro atoms. The van der Waals surface area contributed by atoms with Gasteiger partial charge in [0.2, 0.25) is 0 Å². The zero-order chi connectivity index (χ0) is 14.1. The zero-order valence-corrected chi connectivity index (χ0v) is 11.7. The number of amides is 2. The maximum absolute atomic E-state index is 12.3. The van der Waals surface area contributed by atoms with E-state index in [1.54, 1.807) is 16.1 Å². The molecule has 108 valence electrons. The Morgan fingerprint density at radius 3 is 2.90 bits per heavy atom. The molecule has 6 heteroatoms. The lowest BCUT2D eigenvalue weighted by Crippen LogP contribution is -2.49. The molecule has 0 radical (unpaired) electrons. The first kappa shape index (κ1) is 13.1. The normalized spacial score (nSPS) is 22.6. The van der Waals surface area contributed by atoms with Gasteiger partial charge >= 0.3 is 11.8 Å². The Bertz CT molecular complexity index is 525. The summed E-state index contributed by atoms with van der Waals surface area (Å²) in [6.45, 7) is 4.47. The van der Waals surface area contributed by atoms with Crippen LogP contribution in [0.2, 0.25) is 0 Å². The summed E-state index contributed by atoms with van der Waals surface area (Å²) in [5, 5.41) is 3.89. The first-order valence-electron chi connectivity index (χ1n) is 7.15. The van der Waals surface area contributed by atoms with Crippen molar-refractivity contribution in [2.45, 2.75) is 32.7 Å². The third-order valence-electron chi connectivity index (χ3n) is 4.12. The van der Waals surface area contributed by atoms with Crippen molar-refractivity contribution >= 4 is 11.8 Å². The Morgan fingerprint density at radius 2 is 2.10 bits per heavy atom. The lowest BCUT2D eigenvalue weighted by atomic mass is 10.00. The largest absolute Gasteiger partial charge is 0.364 e. The van der Waals surface area contributed by atoms with E-state index in [2.05, 4.69) is 12.1 Å². The van der Waals surface area contributed by atoms with Crippen molar-refractivity contribution in [2.75, 3.05) is 19.6 Å². The molecule has 1 fully saturated rings. The summed E-state index contributed by atoms with van der Waals surface area (Å²) in [6, 6.07) is 0. The van der Waals surface area contributed by atoms with Crippen molar-refractivity contribution in [2.24, 2.45) is 5.92 Å². The van der Waals surface area contributed by atoms with Crippen molar-refractivity contribution in [3.05, 3.63) is 17.5 Å². The Kier molecular flexibility index (Phi) is 3.46. The van der Waals surface area contributed by atoms with Gasteiger partial charge in [0, 0.05) is 31.6 Å². The van der Waals surface area contributed by atoms with Crippen molar-refractivity contribution in [1.82, 2.24) is 15.0 Å². The van der Waals surface area contributed by atoms with E-state index >= 15 is 0 Å². The monoisotopic (exact) mass is 277 g/mol. The molecule has 1 aromatic heterocycles. The fourth-order valence-electron chi connectivity index (χ4n) is 2.96. The molecule has 1 aromatic rings. The third kappa shape index (κ3) is 2.42. The van der Waals surface area contributed by atoms with Gasteiger partial charge in [-0.05, 0) is 18.8 Å². The van der Waals surface area contributed by atoms with Gasteiger partial charge in [-0.15, -0.1) is 0 Å². The van der Waals surface area contributed by atoms with Crippen LogP contribution in [0.5, 0.6) is 0 Å². The molecular weight excluding hydrogens is 258 g/mol. The molecule has 2 aliphatic rings. The Balaban J connectivity index is 1.65. The van der Waals surface area contributed by atoms with Gasteiger partial charge in [0.25, 0.3) is 0 Å². The van der Waals surface area contributed by atoms with Crippen LogP contribution in [0.25, 0.3) is 0 Å². The highest BCUT2D eigenvalue weighted by Crippen LogP contribution is 2.19. The van der Waals surface area contributed by atoms with Gasteiger partial charge in [-0.1, -0.05) is 12.1 Å².